The van der Waals surface area contributed by atoms with Gasteiger partial charge in [0.1, 0.15) is 12.3 Å². The molecule has 3 N–H and O–H groups in total. The Hall–Kier alpha value is -4.14. The molecule has 14 heteroatoms. The molecule has 0 saturated heterocycles. The van der Waals surface area contributed by atoms with Crippen molar-refractivity contribution in [3.05, 3.63) is 53.1 Å². The maximum Gasteiger partial charge on any atom is 0.317 e. The molecule has 5 rings (SSSR count). The highest BCUT2D eigenvalue weighted by atomic mass is 32.2. The van der Waals surface area contributed by atoms with Gasteiger partial charge in [-0.2, -0.15) is 12.7 Å². The summed E-state index contributed by atoms with van der Waals surface area (Å²) in [5.74, 6) is -0.0171. The SMILES string of the molecule is COCCNC(=O)CN(C)C(=O)NC1Cc2cc(OC)ccc2-c2c(C3CCCCC3)c3ccc(C(=O)NS(=O)(=O)N(C)C)cc3n2C1. The average Bonchev–Trinajstić information content (AvgIpc) is 3.28. The van der Waals surface area contributed by atoms with Gasteiger partial charge in [-0.05, 0) is 66.6 Å². The molecule has 13 nitrogen and oxygen atoms in total. The Bertz CT molecular complexity index is 1780. The molecule has 260 valence electrons. The van der Waals surface area contributed by atoms with E-state index in [1.165, 1.54) is 31.0 Å². The van der Waals surface area contributed by atoms with E-state index in [2.05, 4.69) is 26.0 Å². The molecule has 4 amide bonds. The van der Waals surface area contributed by atoms with Gasteiger partial charge in [0, 0.05) is 63.4 Å². The van der Waals surface area contributed by atoms with Crippen LogP contribution in [0.25, 0.3) is 22.2 Å². The van der Waals surface area contributed by atoms with Crippen molar-refractivity contribution < 1.29 is 32.3 Å². The zero-order valence-electron chi connectivity index (χ0n) is 28.3. The molecule has 2 aromatic carbocycles. The quantitative estimate of drug-likeness (QED) is 0.263. The first-order valence-electron chi connectivity index (χ1n) is 16.3. The molecule has 2 aliphatic rings. The van der Waals surface area contributed by atoms with E-state index in [-0.39, 0.29) is 24.1 Å². The van der Waals surface area contributed by atoms with Crippen LogP contribution in [0.5, 0.6) is 5.75 Å². The van der Waals surface area contributed by atoms with Crippen molar-refractivity contribution in [1.82, 2.24) is 29.1 Å². The molecular weight excluding hydrogens is 636 g/mol. The zero-order chi connectivity index (χ0) is 34.6. The first-order chi connectivity index (χ1) is 22.9. The van der Waals surface area contributed by atoms with Crippen LogP contribution in [0.15, 0.2) is 36.4 Å². The summed E-state index contributed by atoms with van der Waals surface area (Å²) in [7, 11) is 3.46. The second-order valence-corrected chi connectivity index (χ2v) is 14.6. The van der Waals surface area contributed by atoms with Crippen LogP contribution in [0.1, 0.15) is 59.5 Å². The van der Waals surface area contributed by atoms with Crippen molar-refractivity contribution in [3.63, 3.8) is 0 Å². The van der Waals surface area contributed by atoms with Gasteiger partial charge in [0.05, 0.1) is 25.5 Å². The zero-order valence-corrected chi connectivity index (χ0v) is 29.1. The molecule has 1 atom stereocenters. The number of aromatic nitrogens is 1. The first-order valence-corrected chi connectivity index (χ1v) is 17.7. The standard InChI is InChI=1S/C34H46N6O7S/c1-38(2)48(44,45)37-33(42)23-11-13-28-29(19-23)40-20-25(36-34(43)39(3)21-30(41)35-15-16-46-4)17-24-18-26(47-5)12-14-27(24)32(40)31(28)22-9-7-6-8-10-22/h11-14,18-19,22,25H,6-10,15-17,20-21H2,1-5H3,(H,35,41)(H,36,43)(H,37,42). The predicted molar refractivity (Wildman–Crippen MR) is 183 cm³/mol. The van der Waals surface area contributed by atoms with Crippen LogP contribution in [0.4, 0.5) is 4.79 Å². The summed E-state index contributed by atoms with van der Waals surface area (Å²) in [6.07, 6.45) is 6.02. The third-order valence-electron chi connectivity index (χ3n) is 9.20. The average molecular weight is 683 g/mol. The fourth-order valence-electron chi connectivity index (χ4n) is 6.73. The van der Waals surface area contributed by atoms with E-state index in [4.69, 9.17) is 9.47 Å². The lowest BCUT2D eigenvalue weighted by Crippen LogP contribution is -2.48. The van der Waals surface area contributed by atoms with Crippen LogP contribution in [0.2, 0.25) is 0 Å². The molecule has 1 unspecified atom stereocenters. The first kappa shape index (κ1) is 35.2. The number of urea groups is 1. The number of carbonyl (C=O) groups excluding carboxylic acids is 3. The molecule has 0 spiro atoms. The summed E-state index contributed by atoms with van der Waals surface area (Å²) >= 11 is 0. The molecule has 3 aromatic rings. The summed E-state index contributed by atoms with van der Waals surface area (Å²) in [5, 5.41) is 6.88. The third kappa shape index (κ3) is 7.61. The summed E-state index contributed by atoms with van der Waals surface area (Å²) in [6.45, 7) is 0.984. The highest BCUT2D eigenvalue weighted by Gasteiger charge is 2.32. The molecule has 0 bridgehead atoms. The Kier molecular flexibility index (Phi) is 11.0. The predicted octanol–water partition coefficient (Wildman–Crippen LogP) is 3.23. The fraction of sp³-hybridized carbons (Fsp3) is 0.500. The lowest BCUT2D eigenvalue weighted by molar-refractivity contribution is -0.121. The normalized spacial score (nSPS) is 16.5. The van der Waals surface area contributed by atoms with Gasteiger partial charge in [-0.3, -0.25) is 9.59 Å². The Balaban J connectivity index is 1.59. The molecular formula is C34H46N6O7S. The number of methoxy groups -OCH3 is 2. The van der Waals surface area contributed by atoms with Crippen molar-refractivity contribution in [2.24, 2.45) is 0 Å². The number of hydrogen-bond acceptors (Lipinski definition) is 7. The molecule has 1 aromatic heterocycles. The van der Waals surface area contributed by atoms with E-state index in [1.807, 2.05) is 18.2 Å². The number of fused-ring (bicyclic) bond motifs is 5. The van der Waals surface area contributed by atoms with Gasteiger partial charge < -0.3 is 29.6 Å². The topological polar surface area (TPSA) is 151 Å². The van der Waals surface area contributed by atoms with Gasteiger partial charge in [0.25, 0.3) is 5.91 Å². The Morgan fingerprint density at radius 1 is 1.00 bits per heavy atom. The van der Waals surface area contributed by atoms with Gasteiger partial charge in [-0.15, -0.1) is 0 Å². The van der Waals surface area contributed by atoms with Crippen molar-refractivity contribution >= 4 is 39.0 Å². The van der Waals surface area contributed by atoms with E-state index >= 15 is 0 Å². The Labute approximate surface area is 282 Å². The monoisotopic (exact) mass is 682 g/mol. The van der Waals surface area contributed by atoms with Crippen LogP contribution in [-0.2, 0) is 32.7 Å². The van der Waals surface area contributed by atoms with Crippen LogP contribution in [0, 0.1) is 0 Å². The number of nitrogens with zero attached hydrogens (tertiary/aromatic N) is 3. The van der Waals surface area contributed by atoms with Crippen molar-refractivity contribution in [1.29, 1.82) is 0 Å². The van der Waals surface area contributed by atoms with E-state index in [9.17, 15) is 22.8 Å². The molecule has 48 heavy (non-hydrogen) atoms. The summed E-state index contributed by atoms with van der Waals surface area (Å²) < 4.78 is 40.8. The number of likely N-dealkylation sites (N-methyl/N-ethyl adjacent to an activating group) is 1. The minimum absolute atomic E-state index is 0.121. The summed E-state index contributed by atoms with van der Waals surface area (Å²) in [5.41, 5.74) is 5.28. The highest BCUT2D eigenvalue weighted by Crippen LogP contribution is 2.46. The molecule has 1 saturated carbocycles. The summed E-state index contributed by atoms with van der Waals surface area (Å²) in [6, 6.07) is 10.6. The largest absolute Gasteiger partial charge is 0.497 e. The molecule has 2 heterocycles. The highest BCUT2D eigenvalue weighted by molar-refractivity contribution is 7.87. The van der Waals surface area contributed by atoms with Crippen LogP contribution in [-0.4, -0.2) is 101 Å². The molecule has 1 aliphatic carbocycles. The van der Waals surface area contributed by atoms with E-state index in [1.54, 1.807) is 33.4 Å². The van der Waals surface area contributed by atoms with Gasteiger partial charge in [-0.1, -0.05) is 25.3 Å². The fourth-order valence-corrected chi connectivity index (χ4v) is 7.27. The Morgan fingerprint density at radius 3 is 2.44 bits per heavy atom. The molecule has 1 fully saturated rings. The van der Waals surface area contributed by atoms with Gasteiger partial charge in [0.2, 0.25) is 5.91 Å². The van der Waals surface area contributed by atoms with Crippen LogP contribution in [0.3, 0.4) is 0 Å². The number of nitrogens with one attached hydrogen (secondary N) is 3. The second-order valence-electron chi connectivity index (χ2n) is 12.7. The van der Waals surface area contributed by atoms with E-state index < -0.39 is 22.1 Å². The molecule has 1 aliphatic heterocycles. The van der Waals surface area contributed by atoms with Gasteiger partial charge >= 0.3 is 16.2 Å². The lowest BCUT2D eigenvalue weighted by Gasteiger charge is -2.24. The van der Waals surface area contributed by atoms with E-state index in [0.717, 1.165) is 57.7 Å². The number of carbonyl (C=O) groups is 3. The van der Waals surface area contributed by atoms with Crippen molar-refractivity contribution in [2.45, 2.75) is 57.0 Å². The van der Waals surface area contributed by atoms with Crippen LogP contribution < -0.4 is 20.1 Å². The van der Waals surface area contributed by atoms with Gasteiger partial charge in [-0.25, -0.2) is 9.52 Å². The Morgan fingerprint density at radius 2 is 1.75 bits per heavy atom. The smallest absolute Gasteiger partial charge is 0.317 e. The molecule has 0 radical (unpaired) electrons. The number of hydrogen-bond donors (Lipinski definition) is 3. The minimum Gasteiger partial charge on any atom is -0.497 e. The number of rotatable bonds is 11. The maximum atomic E-state index is 13.4. The summed E-state index contributed by atoms with van der Waals surface area (Å²) in [4.78, 5) is 40.4. The lowest BCUT2D eigenvalue weighted by atomic mass is 9.81. The number of ether oxygens (including phenoxy) is 2. The number of amides is 4. The maximum absolute atomic E-state index is 13.4. The van der Waals surface area contributed by atoms with Crippen molar-refractivity contribution in [2.75, 3.05) is 55.1 Å². The second kappa shape index (κ2) is 15.0. The number of benzene rings is 2. The van der Waals surface area contributed by atoms with E-state index in [0.29, 0.717) is 37.8 Å². The third-order valence-corrected chi connectivity index (χ3v) is 10.6. The van der Waals surface area contributed by atoms with Crippen LogP contribution >= 0.6 is 0 Å². The van der Waals surface area contributed by atoms with Crippen molar-refractivity contribution in [3.8, 4) is 17.0 Å². The van der Waals surface area contributed by atoms with Gasteiger partial charge in [0.15, 0.2) is 0 Å². The minimum atomic E-state index is -4.00.